The molecular weight excluding hydrogens is 534 g/mol. The zero-order chi connectivity index (χ0) is 26.5. The molecule has 0 unspecified atom stereocenters. The van der Waals surface area contributed by atoms with Gasteiger partial charge in [0.05, 0.1) is 21.0 Å². The summed E-state index contributed by atoms with van der Waals surface area (Å²) in [5, 5.41) is 3.05. The Morgan fingerprint density at radius 1 is 0.676 bits per heavy atom. The summed E-state index contributed by atoms with van der Waals surface area (Å²) in [6, 6.07) is 26.5. The van der Waals surface area contributed by atoms with Crippen LogP contribution >= 0.6 is 11.6 Å². The van der Waals surface area contributed by atoms with E-state index in [-0.39, 0.29) is 27.6 Å². The normalized spacial score (nSPS) is 11.6. The van der Waals surface area contributed by atoms with Crippen LogP contribution in [0.25, 0.3) is 0 Å². The zero-order valence-corrected chi connectivity index (χ0v) is 21.6. The average molecular weight is 556 g/mol. The number of carbonyl (C=O) groups excluding carboxylic acids is 1. The van der Waals surface area contributed by atoms with Gasteiger partial charge in [0.2, 0.25) is 10.0 Å². The van der Waals surface area contributed by atoms with Crippen molar-refractivity contribution in [2.45, 2.75) is 16.3 Å². The Bertz CT molecular complexity index is 1610. The first-order valence-electron chi connectivity index (χ1n) is 11.0. The molecule has 0 spiro atoms. The molecule has 0 aromatic heterocycles. The van der Waals surface area contributed by atoms with Crippen LogP contribution in [0.4, 0.5) is 11.4 Å². The summed E-state index contributed by atoms with van der Waals surface area (Å²) in [5.74, 6) is -0.577. The molecule has 0 fully saturated rings. The molecule has 37 heavy (non-hydrogen) atoms. The Kier molecular flexibility index (Phi) is 7.94. The average Bonchev–Trinajstić information content (AvgIpc) is 2.89. The van der Waals surface area contributed by atoms with Crippen LogP contribution in [0.1, 0.15) is 15.9 Å². The van der Waals surface area contributed by atoms with Gasteiger partial charge in [-0.05, 0) is 66.2 Å². The number of hydrogen-bond acceptors (Lipinski definition) is 5. The highest BCUT2D eigenvalue weighted by Gasteiger charge is 2.19. The first-order valence-corrected chi connectivity index (χ1v) is 14.3. The minimum absolute atomic E-state index is 0.00946. The van der Waals surface area contributed by atoms with E-state index in [4.69, 9.17) is 11.6 Å². The number of rotatable bonds is 9. The molecule has 0 aliphatic heterocycles. The van der Waals surface area contributed by atoms with Crippen molar-refractivity contribution in [3.63, 3.8) is 0 Å². The number of benzene rings is 4. The van der Waals surface area contributed by atoms with Gasteiger partial charge in [0.15, 0.2) is 0 Å². The smallest absolute Gasteiger partial charge is 0.261 e. The molecule has 4 rings (SSSR count). The number of anilines is 2. The number of halogens is 1. The van der Waals surface area contributed by atoms with Crippen molar-refractivity contribution >= 4 is 48.9 Å². The van der Waals surface area contributed by atoms with E-state index in [1.807, 2.05) is 30.3 Å². The van der Waals surface area contributed by atoms with Gasteiger partial charge in [-0.3, -0.25) is 9.52 Å². The lowest BCUT2D eigenvalue weighted by molar-refractivity contribution is 0.102. The molecule has 3 N–H and O–H groups in total. The molecule has 4 aromatic carbocycles. The molecule has 8 nitrogen and oxygen atoms in total. The van der Waals surface area contributed by atoms with E-state index in [0.29, 0.717) is 10.7 Å². The van der Waals surface area contributed by atoms with Gasteiger partial charge in [-0.15, -0.1) is 0 Å². The fourth-order valence-electron chi connectivity index (χ4n) is 3.36. The lowest BCUT2D eigenvalue weighted by Crippen LogP contribution is -2.23. The molecule has 0 aliphatic rings. The zero-order valence-electron chi connectivity index (χ0n) is 19.3. The molecule has 11 heteroatoms. The van der Waals surface area contributed by atoms with Gasteiger partial charge in [-0.25, -0.2) is 21.6 Å². The van der Waals surface area contributed by atoms with Gasteiger partial charge in [0.1, 0.15) is 0 Å². The van der Waals surface area contributed by atoms with Crippen molar-refractivity contribution in [3.05, 3.63) is 119 Å². The first kappa shape index (κ1) is 26.4. The second kappa shape index (κ2) is 11.1. The van der Waals surface area contributed by atoms with Gasteiger partial charge >= 0.3 is 0 Å². The molecule has 0 heterocycles. The largest absolute Gasteiger partial charge is 0.322 e. The van der Waals surface area contributed by atoms with E-state index in [2.05, 4.69) is 14.8 Å². The topological polar surface area (TPSA) is 121 Å². The number of nitrogens with one attached hydrogen (secondary N) is 3. The Balaban J connectivity index is 1.46. The van der Waals surface area contributed by atoms with E-state index in [1.165, 1.54) is 60.7 Å². The van der Waals surface area contributed by atoms with Crippen molar-refractivity contribution in [2.75, 3.05) is 10.0 Å². The number of sulfonamides is 2. The maximum atomic E-state index is 12.9. The van der Waals surface area contributed by atoms with E-state index < -0.39 is 26.0 Å². The molecular formula is C26H22ClN3O5S2. The third-order valence-corrected chi connectivity index (χ3v) is 8.32. The summed E-state index contributed by atoms with van der Waals surface area (Å²) in [6.45, 7) is 0.143. The van der Waals surface area contributed by atoms with Crippen molar-refractivity contribution in [1.29, 1.82) is 0 Å². The summed E-state index contributed by atoms with van der Waals surface area (Å²) in [5.41, 5.74) is 1.32. The quantitative estimate of drug-likeness (QED) is 0.272. The minimum Gasteiger partial charge on any atom is -0.322 e. The molecule has 0 atom stereocenters. The van der Waals surface area contributed by atoms with Crippen LogP contribution in [0.2, 0.25) is 5.02 Å². The minimum atomic E-state index is -3.97. The Hall–Kier alpha value is -3.70. The summed E-state index contributed by atoms with van der Waals surface area (Å²) in [4.78, 5) is 13.0. The number of carbonyl (C=O) groups is 1. The molecule has 1 amide bonds. The highest BCUT2D eigenvalue weighted by molar-refractivity contribution is 7.92. The van der Waals surface area contributed by atoms with Crippen LogP contribution in [0.5, 0.6) is 0 Å². The van der Waals surface area contributed by atoms with E-state index in [0.717, 1.165) is 5.56 Å². The standard InChI is InChI=1S/C26H22ClN3O5S2/c27-20-10-14-23(15-11-20)37(34,35)30-25-9-5-4-8-24(25)26(31)29-21-12-16-22(17-13-21)36(32,33)28-18-19-6-2-1-3-7-19/h1-17,28,30H,18H2,(H,29,31). The SMILES string of the molecule is O=C(Nc1ccc(S(=O)(=O)NCc2ccccc2)cc1)c1ccccc1NS(=O)(=O)c1ccc(Cl)cc1. The van der Waals surface area contributed by atoms with Crippen LogP contribution in [-0.4, -0.2) is 22.7 Å². The van der Waals surface area contributed by atoms with Crippen LogP contribution in [-0.2, 0) is 26.6 Å². The summed E-state index contributed by atoms with van der Waals surface area (Å²) < 4.78 is 55.7. The summed E-state index contributed by atoms with van der Waals surface area (Å²) in [6.07, 6.45) is 0. The maximum Gasteiger partial charge on any atom is 0.261 e. The maximum absolute atomic E-state index is 12.9. The first-order chi connectivity index (χ1) is 17.6. The highest BCUT2D eigenvalue weighted by atomic mass is 35.5. The third kappa shape index (κ3) is 6.75. The van der Waals surface area contributed by atoms with Gasteiger partial charge in [0, 0.05) is 17.3 Å². The van der Waals surface area contributed by atoms with Crippen molar-refractivity contribution in [1.82, 2.24) is 4.72 Å². The number of amides is 1. The van der Waals surface area contributed by atoms with Gasteiger partial charge in [-0.2, -0.15) is 0 Å². The van der Waals surface area contributed by atoms with Crippen LogP contribution in [0.15, 0.2) is 113 Å². The van der Waals surface area contributed by atoms with Gasteiger partial charge in [0.25, 0.3) is 15.9 Å². The fraction of sp³-hybridized carbons (Fsp3) is 0.0385. The second-order valence-corrected chi connectivity index (χ2v) is 11.8. The third-order valence-electron chi connectivity index (χ3n) is 5.27. The van der Waals surface area contributed by atoms with Crippen molar-refractivity contribution in [3.8, 4) is 0 Å². The van der Waals surface area contributed by atoms with Crippen LogP contribution in [0.3, 0.4) is 0 Å². The summed E-state index contributed by atoms with van der Waals surface area (Å²) in [7, 11) is -7.73. The molecule has 0 bridgehead atoms. The molecule has 4 aromatic rings. The Labute approximate surface area is 220 Å². The van der Waals surface area contributed by atoms with Crippen LogP contribution in [0, 0.1) is 0 Å². The molecule has 0 saturated heterocycles. The highest BCUT2D eigenvalue weighted by Crippen LogP contribution is 2.23. The van der Waals surface area contributed by atoms with Gasteiger partial charge in [-0.1, -0.05) is 54.1 Å². The molecule has 0 aliphatic carbocycles. The molecule has 0 radical (unpaired) electrons. The van der Waals surface area contributed by atoms with Crippen LogP contribution < -0.4 is 14.8 Å². The monoisotopic (exact) mass is 555 g/mol. The summed E-state index contributed by atoms with van der Waals surface area (Å²) >= 11 is 5.84. The van der Waals surface area contributed by atoms with E-state index in [9.17, 15) is 21.6 Å². The fourth-order valence-corrected chi connectivity index (χ4v) is 5.58. The number of hydrogen-bond donors (Lipinski definition) is 3. The second-order valence-electron chi connectivity index (χ2n) is 7.89. The molecule has 0 saturated carbocycles. The Morgan fingerprint density at radius 2 is 1.24 bits per heavy atom. The van der Waals surface area contributed by atoms with Gasteiger partial charge < -0.3 is 5.32 Å². The number of para-hydroxylation sites is 1. The predicted molar refractivity (Wildman–Crippen MR) is 144 cm³/mol. The lowest BCUT2D eigenvalue weighted by Gasteiger charge is -2.13. The van der Waals surface area contributed by atoms with Crippen molar-refractivity contribution in [2.24, 2.45) is 0 Å². The molecule has 190 valence electrons. The predicted octanol–water partition coefficient (Wildman–Crippen LogP) is 4.87. The van der Waals surface area contributed by atoms with E-state index >= 15 is 0 Å². The van der Waals surface area contributed by atoms with E-state index in [1.54, 1.807) is 12.1 Å². The van der Waals surface area contributed by atoms with Crippen molar-refractivity contribution < 1.29 is 21.6 Å². The Morgan fingerprint density at radius 3 is 1.92 bits per heavy atom. The lowest BCUT2D eigenvalue weighted by atomic mass is 10.1.